The highest BCUT2D eigenvalue weighted by molar-refractivity contribution is 5.76. The number of nitrogens with zero attached hydrogens (tertiary/aromatic N) is 3. The van der Waals surface area contributed by atoms with E-state index < -0.39 is 0 Å². The molecule has 0 aromatic carbocycles. The fourth-order valence-corrected chi connectivity index (χ4v) is 2.77. The molecule has 0 radical (unpaired) electrons. The summed E-state index contributed by atoms with van der Waals surface area (Å²) in [4.78, 5) is 11.6. The number of ether oxygens (including phenoxy) is 1. The van der Waals surface area contributed by atoms with Crippen LogP contribution < -0.4 is 5.32 Å². The molecule has 0 unspecified atom stereocenters. The van der Waals surface area contributed by atoms with Crippen molar-refractivity contribution in [3.8, 4) is 0 Å². The molecular formula is C20H38N4O2. The van der Waals surface area contributed by atoms with Gasteiger partial charge in [0.05, 0.1) is 11.8 Å². The predicted molar refractivity (Wildman–Crippen MR) is 105 cm³/mol. The van der Waals surface area contributed by atoms with Crippen molar-refractivity contribution >= 4 is 5.91 Å². The van der Waals surface area contributed by atoms with Crippen molar-refractivity contribution in [2.24, 2.45) is 0 Å². The minimum atomic E-state index is 0.152. The van der Waals surface area contributed by atoms with Gasteiger partial charge >= 0.3 is 0 Å². The molecule has 0 fully saturated rings. The highest BCUT2D eigenvalue weighted by Crippen LogP contribution is 2.07. The summed E-state index contributed by atoms with van der Waals surface area (Å²) in [5.74, 6) is 0.152. The second-order valence-electron chi connectivity index (χ2n) is 7.59. The molecule has 0 aliphatic heterocycles. The van der Waals surface area contributed by atoms with Crippen molar-refractivity contribution in [3.05, 3.63) is 11.9 Å². The second kappa shape index (κ2) is 13.7. The summed E-state index contributed by atoms with van der Waals surface area (Å²) < 4.78 is 7.48. The SMILES string of the molecule is CC(C)NC(=O)CCCCCn1cc(CCCCCCOC(C)C)nn1. The van der Waals surface area contributed by atoms with Crippen LogP contribution >= 0.6 is 0 Å². The summed E-state index contributed by atoms with van der Waals surface area (Å²) >= 11 is 0. The van der Waals surface area contributed by atoms with Crippen molar-refractivity contribution in [1.29, 1.82) is 0 Å². The van der Waals surface area contributed by atoms with Gasteiger partial charge in [0.25, 0.3) is 0 Å². The molecule has 150 valence electrons. The van der Waals surface area contributed by atoms with Crippen molar-refractivity contribution in [2.45, 2.75) is 104 Å². The number of aryl methyl sites for hydroxylation is 2. The largest absolute Gasteiger partial charge is 0.379 e. The third kappa shape index (κ3) is 12.0. The van der Waals surface area contributed by atoms with Crippen LogP contribution in [0, 0.1) is 0 Å². The Morgan fingerprint density at radius 2 is 1.81 bits per heavy atom. The average Bonchev–Trinajstić information content (AvgIpc) is 3.00. The van der Waals surface area contributed by atoms with Gasteiger partial charge in [0, 0.05) is 31.8 Å². The number of hydrogen-bond acceptors (Lipinski definition) is 4. The molecule has 0 aliphatic rings. The molecule has 1 aromatic rings. The Kier molecular flexibility index (Phi) is 11.9. The van der Waals surface area contributed by atoms with Crippen LogP contribution in [0.3, 0.4) is 0 Å². The first-order valence-electron chi connectivity index (χ1n) is 10.3. The summed E-state index contributed by atoms with van der Waals surface area (Å²) in [7, 11) is 0. The van der Waals surface area contributed by atoms with Crippen LogP contribution in [0.1, 0.15) is 84.8 Å². The highest BCUT2D eigenvalue weighted by Gasteiger charge is 2.04. The summed E-state index contributed by atoms with van der Waals surface area (Å²) in [5, 5.41) is 11.4. The molecular weight excluding hydrogens is 328 g/mol. The summed E-state index contributed by atoms with van der Waals surface area (Å²) in [5.41, 5.74) is 1.08. The fourth-order valence-electron chi connectivity index (χ4n) is 2.77. The summed E-state index contributed by atoms with van der Waals surface area (Å²) in [6.07, 6.45) is 11.7. The van der Waals surface area contributed by atoms with Gasteiger partial charge in [0.1, 0.15) is 0 Å². The third-order valence-electron chi connectivity index (χ3n) is 4.11. The standard InChI is InChI=1S/C20H38N4O2/c1-17(2)21-20(25)13-9-7-10-14-24-16-19(22-23-24)12-8-5-6-11-15-26-18(3)4/h16-18H,5-15H2,1-4H3,(H,21,25). The van der Waals surface area contributed by atoms with Gasteiger partial charge in [0.2, 0.25) is 5.91 Å². The highest BCUT2D eigenvalue weighted by atomic mass is 16.5. The molecule has 0 saturated heterocycles. The Labute approximate surface area is 159 Å². The maximum Gasteiger partial charge on any atom is 0.220 e. The van der Waals surface area contributed by atoms with Crippen LogP contribution in [0.4, 0.5) is 0 Å². The van der Waals surface area contributed by atoms with Crippen LogP contribution in [0.25, 0.3) is 0 Å². The van der Waals surface area contributed by atoms with Crippen LogP contribution in [0.5, 0.6) is 0 Å². The van der Waals surface area contributed by atoms with Crippen molar-refractivity contribution in [3.63, 3.8) is 0 Å². The maximum atomic E-state index is 11.6. The smallest absolute Gasteiger partial charge is 0.220 e. The first kappa shape index (κ1) is 22.6. The van der Waals surface area contributed by atoms with Gasteiger partial charge in [-0.05, 0) is 59.8 Å². The van der Waals surface area contributed by atoms with E-state index in [1.165, 1.54) is 12.8 Å². The third-order valence-corrected chi connectivity index (χ3v) is 4.11. The predicted octanol–water partition coefficient (Wildman–Crippen LogP) is 3.89. The van der Waals surface area contributed by atoms with E-state index in [2.05, 4.69) is 35.7 Å². The van der Waals surface area contributed by atoms with Crippen LogP contribution in [0.2, 0.25) is 0 Å². The molecule has 0 saturated carbocycles. The first-order chi connectivity index (χ1) is 12.5. The fraction of sp³-hybridized carbons (Fsp3) is 0.850. The molecule has 0 atom stereocenters. The van der Waals surface area contributed by atoms with Gasteiger partial charge in [-0.25, -0.2) is 0 Å². The lowest BCUT2D eigenvalue weighted by atomic mass is 10.1. The Bertz CT molecular complexity index is 486. The number of nitrogens with one attached hydrogen (secondary N) is 1. The zero-order chi connectivity index (χ0) is 19.2. The average molecular weight is 367 g/mol. The molecule has 1 rings (SSSR count). The van der Waals surface area contributed by atoms with E-state index in [9.17, 15) is 4.79 Å². The molecule has 1 N–H and O–H groups in total. The Balaban J connectivity index is 2.02. The number of amides is 1. The molecule has 1 aromatic heterocycles. The molecule has 6 nitrogen and oxygen atoms in total. The number of unbranched alkanes of at least 4 members (excludes halogenated alkanes) is 5. The number of carbonyl (C=O) groups excluding carboxylic acids is 1. The van der Waals surface area contributed by atoms with E-state index in [1.807, 2.05) is 18.5 Å². The van der Waals surface area contributed by atoms with E-state index in [0.717, 1.165) is 57.4 Å². The van der Waals surface area contributed by atoms with E-state index in [1.54, 1.807) is 0 Å². The normalized spacial score (nSPS) is 11.5. The zero-order valence-corrected chi connectivity index (χ0v) is 17.2. The summed E-state index contributed by atoms with van der Waals surface area (Å²) in [6, 6.07) is 0.226. The minimum Gasteiger partial charge on any atom is -0.379 e. The molecule has 6 heteroatoms. The van der Waals surface area contributed by atoms with Crippen molar-refractivity contribution in [1.82, 2.24) is 20.3 Å². The Morgan fingerprint density at radius 1 is 1.08 bits per heavy atom. The van der Waals surface area contributed by atoms with E-state index in [-0.39, 0.29) is 11.9 Å². The summed E-state index contributed by atoms with van der Waals surface area (Å²) in [6.45, 7) is 9.88. The number of aromatic nitrogens is 3. The molecule has 0 bridgehead atoms. The van der Waals surface area contributed by atoms with Crippen molar-refractivity contribution < 1.29 is 9.53 Å². The Hall–Kier alpha value is -1.43. The quantitative estimate of drug-likeness (QED) is 0.478. The van der Waals surface area contributed by atoms with Crippen molar-refractivity contribution in [2.75, 3.05) is 6.61 Å². The number of hydrogen-bond donors (Lipinski definition) is 1. The minimum absolute atomic E-state index is 0.152. The zero-order valence-electron chi connectivity index (χ0n) is 17.2. The monoisotopic (exact) mass is 366 g/mol. The van der Waals surface area contributed by atoms with Gasteiger partial charge in [-0.1, -0.05) is 24.5 Å². The van der Waals surface area contributed by atoms with E-state index in [0.29, 0.717) is 12.5 Å². The molecule has 0 aliphatic carbocycles. The van der Waals surface area contributed by atoms with Gasteiger partial charge in [-0.2, -0.15) is 0 Å². The second-order valence-corrected chi connectivity index (χ2v) is 7.59. The maximum absolute atomic E-state index is 11.6. The van der Waals surface area contributed by atoms with Gasteiger partial charge in [0.15, 0.2) is 0 Å². The van der Waals surface area contributed by atoms with E-state index in [4.69, 9.17) is 4.74 Å². The van der Waals surface area contributed by atoms with Crippen LogP contribution in [-0.2, 0) is 22.5 Å². The molecule has 26 heavy (non-hydrogen) atoms. The Morgan fingerprint density at radius 3 is 2.54 bits per heavy atom. The topological polar surface area (TPSA) is 69.0 Å². The van der Waals surface area contributed by atoms with Gasteiger partial charge in [-0.15, -0.1) is 5.10 Å². The number of carbonyl (C=O) groups is 1. The lowest BCUT2D eigenvalue weighted by Gasteiger charge is -2.07. The molecule has 1 heterocycles. The van der Waals surface area contributed by atoms with Gasteiger partial charge < -0.3 is 10.1 Å². The van der Waals surface area contributed by atoms with Crippen LogP contribution in [-0.4, -0.2) is 39.7 Å². The van der Waals surface area contributed by atoms with Crippen LogP contribution in [0.15, 0.2) is 6.20 Å². The molecule has 1 amide bonds. The van der Waals surface area contributed by atoms with Gasteiger partial charge in [-0.3, -0.25) is 9.48 Å². The lowest BCUT2D eigenvalue weighted by Crippen LogP contribution is -2.29. The lowest BCUT2D eigenvalue weighted by molar-refractivity contribution is -0.121. The van der Waals surface area contributed by atoms with E-state index >= 15 is 0 Å². The molecule has 0 spiro atoms. The first-order valence-corrected chi connectivity index (χ1v) is 10.3. The number of rotatable bonds is 15.